The maximum absolute atomic E-state index is 12.3. The third-order valence-electron chi connectivity index (χ3n) is 4.55. The number of nitriles is 1. The van der Waals surface area contributed by atoms with Gasteiger partial charge in [0.15, 0.2) is 0 Å². The molecule has 0 aromatic carbocycles. The second-order valence-corrected chi connectivity index (χ2v) is 6.36. The van der Waals surface area contributed by atoms with Crippen molar-refractivity contribution in [2.24, 2.45) is 0 Å². The molecule has 7 nitrogen and oxygen atoms in total. The Morgan fingerprint density at radius 1 is 1.38 bits per heavy atom. The molecule has 0 bridgehead atoms. The zero-order chi connectivity index (χ0) is 16.9. The smallest absolute Gasteiger partial charge is 0.317 e. The van der Waals surface area contributed by atoms with Gasteiger partial charge in [-0.3, -0.25) is 0 Å². The lowest BCUT2D eigenvalue weighted by Crippen LogP contribution is -2.53. The Bertz CT molecular complexity index is 604. The van der Waals surface area contributed by atoms with Crippen LogP contribution in [-0.4, -0.2) is 60.8 Å². The highest BCUT2D eigenvalue weighted by atomic mass is 16.5. The Morgan fingerprint density at radius 3 is 2.79 bits per heavy atom. The Labute approximate surface area is 142 Å². The molecule has 0 aliphatic carbocycles. The Hall–Kier alpha value is -2.33. The monoisotopic (exact) mass is 329 g/mol. The molecule has 2 aliphatic rings. The summed E-state index contributed by atoms with van der Waals surface area (Å²) in [5, 5.41) is 12.0. The van der Waals surface area contributed by atoms with Crippen molar-refractivity contribution in [3.8, 4) is 6.07 Å². The summed E-state index contributed by atoms with van der Waals surface area (Å²) in [6.45, 7) is 5.61. The number of carbonyl (C=O) groups excluding carboxylic acids is 1. The molecule has 3 rings (SSSR count). The highest BCUT2D eigenvalue weighted by Crippen LogP contribution is 2.18. The Kier molecular flexibility index (Phi) is 5.16. The number of urea groups is 1. The van der Waals surface area contributed by atoms with Gasteiger partial charge in [0, 0.05) is 38.4 Å². The molecular weight excluding hydrogens is 306 g/mol. The van der Waals surface area contributed by atoms with Gasteiger partial charge in [-0.25, -0.2) is 9.78 Å². The van der Waals surface area contributed by atoms with Gasteiger partial charge in [0.2, 0.25) is 0 Å². The third-order valence-corrected chi connectivity index (χ3v) is 4.55. The fourth-order valence-electron chi connectivity index (χ4n) is 3.16. The quantitative estimate of drug-likeness (QED) is 0.886. The van der Waals surface area contributed by atoms with Gasteiger partial charge in [0.1, 0.15) is 11.9 Å². The van der Waals surface area contributed by atoms with Gasteiger partial charge in [-0.15, -0.1) is 0 Å². The average Bonchev–Trinajstić information content (AvgIpc) is 2.62. The number of morpholine rings is 1. The molecule has 2 saturated heterocycles. The summed E-state index contributed by atoms with van der Waals surface area (Å²) in [5.41, 5.74) is 0.570. The molecule has 0 radical (unpaired) electrons. The second-order valence-electron chi connectivity index (χ2n) is 6.36. The molecule has 2 amide bonds. The van der Waals surface area contributed by atoms with Crippen molar-refractivity contribution < 1.29 is 9.53 Å². The topological polar surface area (TPSA) is 81.5 Å². The number of amides is 2. The molecule has 24 heavy (non-hydrogen) atoms. The largest absolute Gasteiger partial charge is 0.375 e. The number of nitrogens with one attached hydrogen (secondary N) is 1. The van der Waals surface area contributed by atoms with Crippen LogP contribution in [0.2, 0.25) is 0 Å². The van der Waals surface area contributed by atoms with Gasteiger partial charge >= 0.3 is 6.03 Å². The maximum atomic E-state index is 12.3. The first-order valence-electron chi connectivity index (χ1n) is 8.44. The SMILES string of the molecule is C[C@H]1CN(C(=O)NC2CCN(c3ccc(C#N)cn3)CC2)CCO1. The van der Waals surface area contributed by atoms with Crippen molar-refractivity contribution in [1.29, 1.82) is 5.26 Å². The number of anilines is 1. The lowest BCUT2D eigenvalue weighted by atomic mass is 10.1. The number of pyridine rings is 1. The first-order valence-corrected chi connectivity index (χ1v) is 8.44. The molecule has 3 heterocycles. The third kappa shape index (κ3) is 3.95. The first-order chi connectivity index (χ1) is 11.7. The van der Waals surface area contributed by atoms with Crippen molar-refractivity contribution in [3.63, 3.8) is 0 Å². The van der Waals surface area contributed by atoms with Crippen molar-refractivity contribution in [1.82, 2.24) is 15.2 Å². The van der Waals surface area contributed by atoms with E-state index in [9.17, 15) is 4.79 Å². The number of nitrogens with zero attached hydrogens (tertiary/aromatic N) is 4. The number of ether oxygens (including phenoxy) is 1. The molecule has 7 heteroatoms. The molecule has 128 valence electrons. The standard InChI is InChI=1S/C17H23N5O2/c1-13-12-22(8-9-24-13)17(23)20-15-4-6-21(7-5-15)16-3-2-14(10-18)11-19-16/h2-3,11,13,15H,4-9,12H2,1H3,(H,20,23)/t13-/m0/s1. The molecule has 1 N–H and O–H groups in total. The van der Waals surface area contributed by atoms with Gasteiger partial charge < -0.3 is 19.9 Å². The highest BCUT2D eigenvalue weighted by molar-refractivity contribution is 5.74. The summed E-state index contributed by atoms with van der Waals surface area (Å²) >= 11 is 0. The molecular formula is C17H23N5O2. The number of hydrogen-bond donors (Lipinski definition) is 1. The van der Waals surface area contributed by atoms with E-state index in [4.69, 9.17) is 10.00 Å². The normalized spacial score (nSPS) is 22.1. The Morgan fingerprint density at radius 2 is 2.17 bits per heavy atom. The first kappa shape index (κ1) is 16.5. The van der Waals surface area contributed by atoms with Crippen LogP contribution in [0.1, 0.15) is 25.3 Å². The highest BCUT2D eigenvalue weighted by Gasteiger charge is 2.26. The molecule has 1 atom stereocenters. The molecule has 0 spiro atoms. The van der Waals surface area contributed by atoms with E-state index < -0.39 is 0 Å². The molecule has 1 aromatic rings. The summed E-state index contributed by atoms with van der Waals surface area (Å²) in [6, 6.07) is 5.96. The number of piperidine rings is 1. The van der Waals surface area contributed by atoms with Crippen molar-refractivity contribution >= 4 is 11.8 Å². The van der Waals surface area contributed by atoms with Crippen molar-refractivity contribution in [3.05, 3.63) is 23.9 Å². The second kappa shape index (κ2) is 7.49. The van der Waals surface area contributed by atoms with Crippen LogP contribution in [0, 0.1) is 11.3 Å². The molecule has 0 saturated carbocycles. The minimum absolute atomic E-state index is 0.0140. The number of carbonyl (C=O) groups is 1. The van der Waals surface area contributed by atoms with Gasteiger partial charge in [-0.1, -0.05) is 0 Å². The van der Waals surface area contributed by atoms with Crippen LogP contribution in [0.3, 0.4) is 0 Å². The van der Waals surface area contributed by atoms with E-state index in [1.807, 2.05) is 17.9 Å². The van der Waals surface area contributed by atoms with Crippen LogP contribution in [0.4, 0.5) is 10.6 Å². The van der Waals surface area contributed by atoms with Gasteiger partial charge in [0.25, 0.3) is 0 Å². The van der Waals surface area contributed by atoms with Crippen LogP contribution in [-0.2, 0) is 4.74 Å². The van der Waals surface area contributed by atoms with E-state index >= 15 is 0 Å². The fraction of sp³-hybridized carbons (Fsp3) is 0.588. The lowest BCUT2D eigenvalue weighted by molar-refractivity contribution is -0.00397. The summed E-state index contributed by atoms with van der Waals surface area (Å²) in [7, 11) is 0. The van der Waals surface area contributed by atoms with E-state index in [0.717, 1.165) is 31.7 Å². The lowest BCUT2D eigenvalue weighted by Gasteiger charge is -2.36. The van der Waals surface area contributed by atoms with Crippen LogP contribution < -0.4 is 10.2 Å². The van der Waals surface area contributed by atoms with Crippen molar-refractivity contribution in [2.75, 3.05) is 37.7 Å². The summed E-state index contributed by atoms with van der Waals surface area (Å²) in [4.78, 5) is 20.7. The summed E-state index contributed by atoms with van der Waals surface area (Å²) < 4.78 is 5.47. The zero-order valence-corrected chi connectivity index (χ0v) is 13.9. The van der Waals surface area contributed by atoms with Crippen LogP contribution in [0.25, 0.3) is 0 Å². The van der Waals surface area contributed by atoms with Crippen molar-refractivity contribution in [2.45, 2.75) is 31.9 Å². The number of aromatic nitrogens is 1. The predicted molar refractivity (Wildman–Crippen MR) is 89.7 cm³/mol. The maximum Gasteiger partial charge on any atom is 0.317 e. The van der Waals surface area contributed by atoms with Gasteiger partial charge in [-0.05, 0) is 31.9 Å². The van der Waals surface area contributed by atoms with Crippen LogP contribution >= 0.6 is 0 Å². The van der Waals surface area contributed by atoms with Gasteiger partial charge in [-0.2, -0.15) is 5.26 Å². The van der Waals surface area contributed by atoms with Crippen LogP contribution in [0.15, 0.2) is 18.3 Å². The van der Waals surface area contributed by atoms with E-state index in [-0.39, 0.29) is 18.2 Å². The summed E-state index contributed by atoms with van der Waals surface area (Å²) in [6.07, 6.45) is 3.50. The minimum Gasteiger partial charge on any atom is -0.375 e. The predicted octanol–water partition coefficient (Wildman–Crippen LogP) is 1.35. The minimum atomic E-state index is 0.0140. The molecule has 1 aromatic heterocycles. The summed E-state index contributed by atoms with van der Waals surface area (Å²) in [5.74, 6) is 0.890. The molecule has 2 aliphatic heterocycles. The van der Waals surface area contributed by atoms with Gasteiger partial charge in [0.05, 0.1) is 18.3 Å². The fourth-order valence-corrected chi connectivity index (χ4v) is 3.16. The van der Waals surface area contributed by atoms with E-state index in [2.05, 4.69) is 21.3 Å². The Balaban J connectivity index is 1.48. The van der Waals surface area contributed by atoms with Crippen LogP contribution in [0.5, 0.6) is 0 Å². The molecule has 0 unspecified atom stereocenters. The number of rotatable bonds is 2. The average molecular weight is 329 g/mol. The molecule has 2 fully saturated rings. The number of hydrogen-bond acceptors (Lipinski definition) is 5. The van der Waals surface area contributed by atoms with E-state index in [1.165, 1.54) is 0 Å². The van der Waals surface area contributed by atoms with E-state index in [0.29, 0.717) is 25.3 Å². The van der Waals surface area contributed by atoms with E-state index in [1.54, 1.807) is 12.3 Å². The zero-order valence-electron chi connectivity index (χ0n) is 13.9.